The van der Waals surface area contributed by atoms with Crippen molar-refractivity contribution < 1.29 is 14.4 Å². The molecule has 3 aromatic rings. The zero-order chi connectivity index (χ0) is 21.1. The SMILES string of the molecule is O=C(Cc1cccc2cccnc12)c1ccc(N2C(=O)C3C4C=C[C@H](C4)C3C2=O)cc1. The fraction of sp³-hybridized carbons (Fsp3) is 0.231. The van der Waals surface area contributed by atoms with E-state index in [0.29, 0.717) is 11.3 Å². The number of fused-ring (bicyclic) bond motifs is 6. The van der Waals surface area contributed by atoms with Crippen LogP contribution in [0.3, 0.4) is 0 Å². The summed E-state index contributed by atoms with van der Waals surface area (Å²) in [6.45, 7) is 0. The number of carbonyl (C=O) groups excluding carboxylic acids is 3. The Hall–Kier alpha value is -3.60. The first-order chi connectivity index (χ1) is 15.1. The van der Waals surface area contributed by atoms with Crippen molar-refractivity contribution in [1.82, 2.24) is 4.98 Å². The molecule has 2 amide bonds. The Labute approximate surface area is 179 Å². The number of pyridine rings is 1. The number of nitrogens with zero attached hydrogens (tertiary/aromatic N) is 2. The van der Waals surface area contributed by atoms with Crippen molar-refractivity contribution in [3.63, 3.8) is 0 Å². The van der Waals surface area contributed by atoms with Crippen LogP contribution < -0.4 is 4.90 Å². The topological polar surface area (TPSA) is 67.3 Å². The van der Waals surface area contributed by atoms with Gasteiger partial charge in [0.25, 0.3) is 0 Å². The second kappa shape index (κ2) is 6.71. The molecule has 1 aliphatic heterocycles. The lowest BCUT2D eigenvalue weighted by atomic mass is 9.85. The standard InChI is InChI=1S/C26H20N2O3/c29-21(14-19-4-1-3-16-5-2-12-27-24(16)19)15-8-10-20(11-9-15)28-25(30)22-17-6-7-18(13-17)23(22)26(28)31/h1-12,17-18,22-23H,13-14H2/t17-,18?,22?,23?/m1/s1. The molecule has 0 spiro atoms. The van der Waals surface area contributed by atoms with Crippen molar-refractivity contribution in [3.05, 3.63) is 84.1 Å². The molecule has 2 bridgehead atoms. The average Bonchev–Trinajstić information content (AvgIpc) is 3.48. The van der Waals surface area contributed by atoms with E-state index in [1.807, 2.05) is 30.3 Å². The molecule has 2 aliphatic carbocycles. The summed E-state index contributed by atoms with van der Waals surface area (Å²) in [6.07, 6.45) is 7.06. The van der Waals surface area contributed by atoms with Crippen molar-refractivity contribution >= 4 is 34.2 Å². The molecule has 152 valence electrons. The predicted octanol–water partition coefficient (Wildman–Crippen LogP) is 3.97. The van der Waals surface area contributed by atoms with Crippen molar-refractivity contribution in [1.29, 1.82) is 0 Å². The minimum absolute atomic E-state index is 0.0251. The number of Topliss-reactive ketones (excluding diaryl/α,β-unsaturated/α-hetero) is 1. The number of rotatable bonds is 4. The number of hydrogen-bond acceptors (Lipinski definition) is 4. The third-order valence-electron chi connectivity index (χ3n) is 6.99. The number of imide groups is 1. The third kappa shape index (κ3) is 2.69. The highest BCUT2D eigenvalue weighted by Gasteiger charge is 2.59. The van der Waals surface area contributed by atoms with Gasteiger partial charge in [0.05, 0.1) is 23.0 Å². The van der Waals surface area contributed by atoms with Crippen LogP contribution in [0.2, 0.25) is 0 Å². The van der Waals surface area contributed by atoms with Crippen LogP contribution in [0.5, 0.6) is 0 Å². The molecule has 2 fully saturated rings. The lowest BCUT2D eigenvalue weighted by Crippen LogP contribution is -2.32. The van der Waals surface area contributed by atoms with Crippen LogP contribution in [-0.4, -0.2) is 22.6 Å². The summed E-state index contributed by atoms with van der Waals surface area (Å²) >= 11 is 0. The number of allylic oxidation sites excluding steroid dienone is 2. The minimum Gasteiger partial charge on any atom is -0.294 e. The van der Waals surface area contributed by atoms with Crippen LogP contribution in [0.25, 0.3) is 10.9 Å². The Morgan fingerprint density at radius 2 is 1.58 bits per heavy atom. The van der Waals surface area contributed by atoms with Crippen LogP contribution in [0.4, 0.5) is 5.69 Å². The molecule has 2 heterocycles. The largest absolute Gasteiger partial charge is 0.294 e. The first-order valence-electron chi connectivity index (χ1n) is 10.6. The first kappa shape index (κ1) is 18.2. The molecule has 1 saturated heterocycles. The molecular weight excluding hydrogens is 388 g/mol. The number of ketones is 1. The Bertz CT molecular complexity index is 1240. The highest BCUT2D eigenvalue weighted by molar-refractivity contribution is 6.23. The van der Waals surface area contributed by atoms with E-state index in [1.54, 1.807) is 30.5 Å². The van der Waals surface area contributed by atoms with E-state index < -0.39 is 0 Å². The quantitative estimate of drug-likeness (QED) is 0.372. The average molecular weight is 408 g/mol. The Kier molecular flexibility index (Phi) is 3.93. The molecule has 31 heavy (non-hydrogen) atoms. The highest BCUT2D eigenvalue weighted by atomic mass is 16.2. The maximum atomic E-state index is 13.0. The summed E-state index contributed by atoms with van der Waals surface area (Å²) in [5.41, 5.74) is 2.82. The fourth-order valence-corrected chi connectivity index (χ4v) is 5.54. The molecule has 0 N–H and O–H groups in total. The second-order valence-corrected chi connectivity index (χ2v) is 8.65. The first-order valence-corrected chi connectivity index (χ1v) is 10.6. The maximum absolute atomic E-state index is 13.0. The van der Waals surface area contributed by atoms with Gasteiger partial charge < -0.3 is 0 Å². The minimum atomic E-state index is -0.220. The number of carbonyl (C=O) groups is 3. The van der Waals surface area contributed by atoms with Gasteiger partial charge in [-0.05, 0) is 54.2 Å². The van der Waals surface area contributed by atoms with E-state index >= 15 is 0 Å². The van der Waals surface area contributed by atoms with E-state index in [-0.39, 0.29) is 47.7 Å². The van der Waals surface area contributed by atoms with Crippen LogP contribution in [0.15, 0.2) is 72.9 Å². The summed E-state index contributed by atoms with van der Waals surface area (Å²) in [6, 6.07) is 16.5. The number of anilines is 1. The number of para-hydroxylation sites is 1. The number of aromatic nitrogens is 1. The van der Waals surface area contributed by atoms with E-state index in [0.717, 1.165) is 22.9 Å². The number of hydrogen-bond donors (Lipinski definition) is 0. The summed E-state index contributed by atoms with van der Waals surface area (Å²) in [7, 11) is 0. The molecule has 5 heteroatoms. The fourth-order valence-electron chi connectivity index (χ4n) is 5.54. The molecule has 5 nitrogen and oxygen atoms in total. The van der Waals surface area contributed by atoms with Crippen molar-refractivity contribution in [3.8, 4) is 0 Å². The van der Waals surface area contributed by atoms with Gasteiger partial charge >= 0.3 is 0 Å². The molecule has 2 aromatic carbocycles. The molecule has 3 unspecified atom stereocenters. The van der Waals surface area contributed by atoms with Crippen LogP contribution >= 0.6 is 0 Å². The van der Waals surface area contributed by atoms with Gasteiger partial charge in [-0.1, -0.05) is 36.4 Å². The third-order valence-corrected chi connectivity index (χ3v) is 6.99. The summed E-state index contributed by atoms with van der Waals surface area (Å²) in [5, 5.41) is 1.00. The molecule has 4 atom stereocenters. The zero-order valence-electron chi connectivity index (χ0n) is 16.8. The van der Waals surface area contributed by atoms with Crippen LogP contribution in [0.1, 0.15) is 22.3 Å². The van der Waals surface area contributed by atoms with Crippen LogP contribution in [-0.2, 0) is 16.0 Å². The lowest BCUT2D eigenvalue weighted by Gasteiger charge is -2.17. The number of benzene rings is 2. The molecule has 1 saturated carbocycles. The van der Waals surface area contributed by atoms with Gasteiger partial charge in [0.1, 0.15) is 0 Å². The lowest BCUT2D eigenvalue weighted by molar-refractivity contribution is -0.123. The van der Waals surface area contributed by atoms with Gasteiger partial charge in [-0.15, -0.1) is 0 Å². The normalized spacial score (nSPS) is 26.1. The zero-order valence-corrected chi connectivity index (χ0v) is 16.8. The van der Waals surface area contributed by atoms with E-state index in [2.05, 4.69) is 17.1 Å². The van der Waals surface area contributed by atoms with Crippen molar-refractivity contribution in [2.24, 2.45) is 23.7 Å². The van der Waals surface area contributed by atoms with Crippen molar-refractivity contribution in [2.75, 3.05) is 4.90 Å². The van der Waals surface area contributed by atoms with Gasteiger partial charge in [0, 0.05) is 23.6 Å². The molecule has 6 rings (SSSR count). The predicted molar refractivity (Wildman–Crippen MR) is 116 cm³/mol. The molecule has 0 radical (unpaired) electrons. The molecule has 3 aliphatic rings. The summed E-state index contributed by atoms with van der Waals surface area (Å²) in [4.78, 5) is 44.6. The van der Waals surface area contributed by atoms with Gasteiger partial charge in [0.2, 0.25) is 11.8 Å². The summed E-state index contributed by atoms with van der Waals surface area (Å²) < 4.78 is 0. The van der Waals surface area contributed by atoms with Crippen LogP contribution in [0, 0.1) is 23.7 Å². The van der Waals surface area contributed by atoms with E-state index in [4.69, 9.17) is 0 Å². The second-order valence-electron chi connectivity index (χ2n) is 8.65. The molecule has 1 aromatic heterocycles. The van der Waals surface area contributed by atoms with Gasteiger partial charge in [0.15, 0.2) is 5.78 Å². The monoisotopic (exact) mass is 408 g/mol. The summed E-state index contributed by atoms with van der Waals surface area (Å²) in [5.74, 6) is -0.299. The van der Waals surface area contributed by atoms with Gasteiger partial charge in [-0.2, -0.15) is 0 Å². The highest BCUT2D eigenvalue weighted by Crippen LogP contribution is 2.53. The van der Waals surface area contributed by atoms with Gasteiger partial charge in [-0.25, -0.2) is 0 Å². The maximum Gasteiger partial charge on any atom is 0.238 e. The van der Waals surface area contributed by atoms with E-state index in [9.17, 15) is 14.4 Å². The number of amides is 2. The Morgan fingerprint density at radius 3 is 2.29 bits per heavy atom. The van der Waals surface area contributed by atoms with E-state index in [1.165, 1.54) is 4.90 Å². The Morgan fingerprint density at radius 1 is 0.903 bits per heavy atom. The molecular formula is C26H20N2O3. The smallest absolute Gasteiger partial charge is 0.238 e. The van der Waals surface area contributed by atoms with Crippen molar-refractivity contribution in [2.45, 2.75) is 12.8 Å². The Balaban J connectivity index is 1.24. The van der Waals surface area contributed by atoms with Gasteiger partial charge in [-0.3, -0.25) is 24.3 Å².